The van der Waals surface area contributed by atoms with Crippen LogP contribution in [-0.4, -0.2) is 38.5 Å². The van der Waals surface area contributed by atoms with Gasteiger partial charge in [0.15, 0.2) is 5.16 Å². The molecule has 2 unspecified atom stereocenters. The first-order valence-electron chi connectivity index (χ1n) is 7.20. The molecule has 7 heteroatoms. The summed E-state index contributed by atoms with van der Waals surface area (Å²) >= 11 is 1.42. The molecule has 20 heavy (non-hydrogen) atoms. The number of carbonyl (C=O) groups is 1. The molecule has 0 radical (unpaired) electrons. The highest BCUT2D eigenvalue weighted by molar-refractivity contribution is 8.00. The number of hydrogen-bond acceptors (Lipinski definition) is 5. The zero-order valence-electron chi connectivity index (χ0n) is 11.3. The molecule has 2 heterocycles. The van der Waals surface area contributed by atoms with Gasteiger partial charge in [0.25, 0.3) is 0 Å². The Bertz CT molecular complexity index is 533. The second-order valence-electron chi connectivity index (χ2n) is 5.38. The molecular weight excluding hydrogens is 278 g/mol. The van der Waals surface area contributed by atoms with Crippen LogP contribution in [0.3, 0.4) is 0 Å². The van der Waals surface area contributed by atoms with Crippen molar-refractivity contribution < 1.29 is 9.53 Å². The molecular formula is C13H19N3O3S. The molecule has 2 atom stereocenters. The third-order valence-electron chi connectivity index (χ3n) is 3.88. The van der Waals surface area contributed by atoms with E-state index in [1.165, 1.54) is 11.8 Å². The lowest BCUT2D eigenvalue weighted by Gasteiger charge is -2.19. The van der Waals surface area contributed by atoms with Crippen LogP contribution in [0.1, 0.15) is 38.5 Å². The zero-order chi connectivity index (χ0) is 13.9. The first-order valence-corrected chi connectivity index (χ1v) is 8.08. The number of nitrogens with zero attached hydrogens (tertiary/aromatic N) is 2. The van der Waals surface area contributed by atoms with Crippen molar-refractivity contribution >= 4 is 17.5 Å². The summed E-state index contributed by atoms with van der Waals surface area (Å²) in [6.45, 7) is 1.29. The van der Waals surface area contributed by atoms with E-state index in [0.29, 0.717) is 18.1 Å². The molecule has 1 aliphatic heterocycles. The van der Waals surface area contributed by atoms with E-state index in [4.69, 9.17) is 4.74 Å². The molecule has 1 saturated carbocycles. The van der Waals surface area contributed by atoms with Crippen LogP contribution in [0, 0.1) is 0 Å². The summed E-state index contributed by atoms with van der Waals surface area (Å²) in [6.07, 6.45) is 5.70. The molecule has 110 valence electrons. The number of ketones is 1. The SMILES string of the molecule is O=C1CCCCC1Sc1n[nH]c(=O)n1CC1CCCO1. The van der Waals surface area contributed by atoms with Crippen molar-refractivity contribution in [2.45, 2.75) is 61.6 Å². The number of carbonyl (C=O) groups excluding carboxylic acids is 1. The summed E-state index contributed by atoms with van der Waals surface area (Å²) in [4.78, 5) is 23.7. The van der Waals surface area contributed by atoms with Crippen molar-refractivity contribution in [1.29, 1.82) is 0 Å². The van der Waals surface area contributed by atoms with Crippen LogP contribution in [-0.2, 0) is 16.1 Å². The maximum Gasteiger partial charge on any atom is 0.344 e. The Labute approximate surface area is 121 Å². The van der Waals surface area contributed by atoms with Crippen molar-refractivity contribution in [2.24, 2.45) is 0 Å². The smallest absolute Gasteiger partial charge is 0.344 e. The predicted molar refractivity (Wildman–Crippen MR) is 74.9 cm³/mol. The fourth-order valence-corrected chi connectivity index (χ4v) is 3.92. The van der Waals surface area contributed by atoms with Gasteiger partial charge in [-0.15, -0.1) is 5.10 Å². The van der Waals surface area contributed by atoms with E-state index in [1.807, 2.05) is 0 Å². The molecule has 6 nitrogen and oxygen atoms in total. The number of ether oxygens (including phenoxy) is 1. The maximum atomic E-state index is 11.9. The van der Waals surface area contributed by atoms with E-state index < -0.39 is 0 Å². The average molecular weight is 297 g/mol. The predicted octanol–water partition coefficient (Wildman–Crippen LogP) is 1.35. The molecule has 2 fully saturated rings. The summed E-state index contributed by atoms with van der Waals surface area (Å²) in [6, 6.07) is 0. The first-order chi connectivity index (χ1) is 9.74. The van der Waals surface area contributed by atoms with Gasteiger partial charge in [0.1, 0.15) is 5.78 Å². The number of thioether (sulfide) groups is 1. The Balaban J connectivity index is 1.72. The molecule has 2 aliphatic rings. The van der Waals surface area contributed by atoms with E-state index in [1.54, 1.807) is 4.57 Å². The summed E-state index contributed by atoms with van der Waals surface area (Å²) in [5.41, 5.74) is -0.216. The van der Waals surface area contributed by atoms with Crippen LogP contribution >= 0.6 is 11.8 Å². The van der Waals surface area contributed by atoms with Gasteiger partial charge in [0, 0.05) is 13.0 Å². The number of H-pyrrole nitrogens is 1. The van der Waals surface area contributed by atoms with Crippen LogP contribution in [0.15, 0.2) is 9.95 Å². The summed E-state index contributed by atoms with van der Waals surface area (Å²) in [5.74, 6) is 0.278. The fourth-order valence-electron chi connectivity index (χ4n) is 2.75. The molecule has 0 spiro atoms. The lowest BCUT2D eigenvalue weighted by Crippen LogP contribution is -2.26. The highest BCUT2D eigenvalue weighted by Crippen LogP contribution is 2.30. The lowest BCUT2D eigenvalue weighted by atomic mass is 9.99. The standard InChI is InChI=1S/C13H19N3O3S/c17-10-5-1-2-6-11(10)20-13-15-14-12(18)16(13)8-9-4-3-7-19-9/h9,11H,1-8H2,(H,14,18). The molecule has 1 aliphatic carbocycles. The lowest BCUT2D eigenvalue weighted by molar-refractivity contribution is -0.119. The Morgan fingerprint density at radius 1 is 1.30 bits per heavy atom. The Kier molecular flexibility index (Phi) is 4.26. The number of hydrogen-bond donors (Lipinski definition) is 1. The topological polar surface area (TPSA) is 77.0 Å². The molecule has 3 rings (SSSR count). The van der Waals surface area contributed by atoms with E-state index in [0.717, 1.165) is 38.7 Å². The highest BCUT2D eigenvalue weighted by Gasteiger charge is 2.26. The quantitative estimate of drug-likeness (QED) is 0.908. The molecule has 1 N–H and O–H groups in total. The van der Waals surface area contributed by atoms with Gasteiger partial charge in [-0.25, -0.2) is 9.89 Å². The highest BCUT2D eigenvalue weighted by atomic mass is 32.2. The van der Waals surface area contributed by atoms with Gasteiger partial charge in [-0.3, -0.25) is 9.36 Å². The molecule has 1 saturated heterocycles. The third-order valence-corrected chi connectivity index (χ3v) is 5.19. The van der Waals surface area contributed by atoms with Crippen LogP contribution in [0.4, 0.5) is 0 Å². The maximum absolute atomic E-state index is 11.9. The Morgan fingerprint density at radius 3 is 2.95 bits per heavy atom. The van der Waals surface area contributed by atoms with Gasteiger partial charge < -0.3 is 4.74 Å². The fraction of sp³-hybridized carbons (Fsp3) is 0.769. The summed E-state index contributed by atoms with van der Waals surface area (Å²) < 4.78 is 7.18. The second-order valence-corrected chi connectivity index (χ2v) is 6.55. The van der Waals surface area contributed by atoms with Crippen molar-refractivity contribution in [2.75, 3.05) is 6.61 Å². The van der Waals surface area contributed by atoms with Crippen molar-refractivity contribution in [3.05, 3.63) is 10.5 Å². The third kappa shape index (κ3) is 2.98. The average Bonchev–Trinajstić information content (AvgIpc) is 3.06. The first kappa shape index (κ1) is 13.9. The molecule has 0 amide bonds. The minimum Gasteiger partial charge on any atom is -0.376 e. The van der Waals surface area contributed by atoms with Crippen LogP contribution in [0.5, 0.6) is 0 Å². The minimum absolute atomic E-state index is 0.0535. The second kappa shape index (κ2) is 6.13. The van der Waals surface area contributed by atoms with Gasteiger partial charge in [-0.05, 0) is 25.7 Å². The molecule has 0 aromatic carbocycles. The Hall–Kier alpha value is -1.08. The van der Waals surface area contributed by atoms with Gasteiger partial charge in [0.05, 0.1) is 17.9 Å². The van der Waals surface area contributed by atoms with E-state index in [2.05, 4.69) is 10.2 Å². The number of rotatable bonds is 4. The number of nitrogens with one attached hydrogen (secondary N) is 1. The monoisotopic (exact) mass is 297 g/mol. The van der Waals surface area contributed by atoms with Crippen LogP contribution < -0.4 is 5.69 Å². The summed E-state index contributed by atoms with van der Waals surface area (Å²) in [7, 11) is 0. The molecule has 1 aromatic rings. The van der Waals surface area contributed by atoms with Gasteiger partial charge >= 0.3 is 5.69 Å². The largest absolute Gasteiger partial charge is 0.376 e. The molecule has 1 aromatic heterocycles. The Morgan fingerprint density at radius 2 is 2.20 bits per heavy atom. The van der Waals surface area contributed by atoms with Gasteiger partial charge in [0.2, 0.25) is 0 Å². The van der Waals surface area contributed by atoms with E-state index >= 15 is 0 Å². The number of Topliss-reactive ketones (excluding diaryl/α,β-unsaturated/α-hetero) is 1. The number of aromatic amines is 1. The zero-order valence-corrected chi connectivity index (χ0v) is 12.2. The normalized spacial score (nSPS) is 27.1. The minimum atomic E-state index is -0.216. The van der Waals surface area contributed by atoms with Gasteiger partial charge in [-0.1, -0.05) is 18.2 Å². The van der Waals surface area contributed by atoms with Crippen molar-refractivity contribution in [3.63, 3.8) is 0 Å². The molecule has 0 bridgehead atoms. The summed E-state index contributed by atoms with van der Waals surface area (Å²) in [5, 5.41) is 7.12. The van der Waals surface area contributed by atoms with Crippen LogP contribution in [0.25, 0.3) is 0 Å². The van der Waals surface area contributed by atoms with Crippen LogP contribution in [0.2, 0.25) is 0 Å². The van der Waals surface area contributed by atoms with Gasteiger partial charge in [-0.2, -0.15) is 0 Å². The number of aromatic nitrogens is 3. The van der Waals surface area contributed by atoms with Crippen molar-refractivity contribution in [1.82, 2.24) is 14.8 Å². The van der Waals surface area contributed by atoms with E-state index in [-0.39, 0.29) is 22.8 Å². The van der Waals surface area contributed by atoms with Crippen molar-refractivity contribution in [3.8, 4) is 0 Å². The van der Waals surface area contributed by atoms with E-state index in [9.17, 15) is 9.59 Å².